The minimum atomic E-state index is 0.0816. The van der Waals surface area contributed by atoms with E-state index in [9.17, 15) is 9.59 Å². The number of hydrogen-bond donors (Lipinski definition) is 0. The molecule has 0 aromatic heterocycles. The van der Waals surface area contributed by atoms with Crippen molar-refractivity contribution in [1.82, 2.24) is 4.90 Å². The van der Waals surface area contributed by atoms with Crippen LogP contribution in [0, 0.1) is 0 Å². The fourth-order valence-corrected chi connectivity index (χ4v) is 1.21. The number of aldehydes is 1. The molecule has 0 spiro atoms. The molecule has 0 bridgehead atoms. The van der Waals surface area contributed by atoms with E-state index >= 15 is 0 Å². The van der Waals surface area contributed by atoms with Crippen molar-refractivity contribution in [3.05, 3.63) is 0 Å². The number of hydrogen-bond acceptors (Lipinski definition) is 2. The largest absolute Gasteiger partial charge is 0.339 e. The number of carbonyl (C=O) groups is 2. The van der Waals surface area contributed by atoms with Crippen LogP contribution in [-0.4, -0.2) is 29.7 Å². The van der Waals surface area contributed by atoms with Crippen LogP contribution in [0.4, 0.5) is 0 Å². The van der Waals surface area contributed by atoms with Crippen LogP contribution in [0.2, 0.25) is 0 Å². The summed E-state index contributed by atoms with van der Waals surface area (Å²) < 4.78 is 0. The molecule has 1 saturated heterocycles. The Kier molecular flexibility index (Phi) is 2.04. The maximum Gasteiger partial charge on any atom is 0.219 e. The SMILES string of the molecule is CC(=O)N1CCC1CC=O. The van der Waals surface area contributed by atoms with Gasteiger partial charge >= 0.3 is 0 Å². The summed E-state index contributed by atoms with van der Waals surface area (Å²) in [6.07, 6.45) is 2.36. The van der Waals surface area contributed by atoms with E-state index in [1.165, 1.54) is 6.92 Å². The molecule has 10 heavy (non-hydrogen) atoms. The van der Waals surface area contributed by atoms with Gasteiger partial charge in [-0.2, -0.15) is 0 Å². The molecule has 3 nitrogen and oxygen atoms in total. The Morgan fingerprint density at radius 3 is 2.80 bits per heavy atom. The molecule has 0 aromatic carbocycles. The normalized spacial score (nSPS) is 23.7. The van der Waals surface area contributed by atoms with Gasteiger partial charge in [-0.05, 0) is 6.42 Å². The maximum atomic E-state index is 10.7. The van der Waals surface area contributed by atoms with Crippen molar-refractivity contribution < 1.29 is 9.59 Å². The fourth-order valence-electron chi connectivity index (χ4n) is 1.21. The zero-order chi connectivity index (χ0) is 7.56. The highest BCUT2D eigenvalue weighted by atomic mass is 16.2. The first-order valence-corrected chi connectivity index (χ1v) is 3.46. The first kappa shape index (κ1) is 7.25. The third-order valence-corrected chi connectivity index (χ3v) is 1.92. The predicted molar refractivity (Wildman–Crippen MR) is 36.5 cm³/mol. The number of likely N-dealkylation sites (tertiary alicyclic amines) is 1. The highest BCUT2D eigenvalue weighted by molar-refractivity contribution is 5.75. The van der Waals surface area contributed by atoms with Gasteiger partial charge in [-0.3, -0.25) is 4.79 Å². The molecule has 1 fully saturated rings. The lowest BCUT2D eigenvalue weighted by atomic mass is 10.0. The molecule has 1 unspecified atom stereocenters. The van der Waals surface area contributed by atoms with Crippen LogP contribution in [0.25, 0.3) is 0 Å². The standard InChI is InChI=1S/C7H11NO2/c1-6(10)8-4-2-7(8)3-5-9/h5,7H,2-4H2,1H3. The van der Waals surface area contributed by atoms with E-state index < -0.39 is 0 Å². The molecule has 3 heteroatoms. The number of amides is 1. The summed E-state index contributed by atoms with van der Waals surface area (Å²) in [5.41, 5.74) is 0. The van der Waals surface area contributed by atoms with Crippen LogP contribution in [0.15, 0.2) is 0 Å². The molecule has 0 saturated carbocycles. The second-order valence-electron chi connectivity index (χ2n) is 2.56. The molecule has 56 valence electrons. The van der Waals surface area contributed by atoms with E-state index in [-0.39, 0.29) is 11.9 Å². The maximum absolute atomic E-state index is 10.7. The third kappa shape index (κ3) is 1.17. The van der Waals surface area contributed by atoms with Gasteiger partial charge in [-0.25, -0.2) is 0 Å². The van der Waals surface area contributed by atoms with E-state index in [2.05, 4.69) is 0 Å². The molecule has 1 amide bonds. The highest BCUT2D eigenvalue weighted by Gasteiger charge is 2.28. The van der Waals surface area contributed by atoms with Crippen LogP contribution in [0.3, 0.4) is 0 Å². The molecule has 1 aliphatic rings. The molecule has 1 rings (SSSR count). The van der Waals surface area contributed by atoms with E-state index in [0.29, 0.717) is 6.42 Å². The van der Waals surface area contributed by atoms with Crippen molar-refractivity contribution >= 4 is 12.2 Å². The molecule has 1 atom stereocenters. The van der Waals surface area contributed by atoms with Gasteiger partial charge in [0.2, 0.25) is 5.91 Å². The van der Waals surface area contributed by atoms with Crippen molar-refractivity contribution in [2.75, 3.05) is 6.54 Å². The summed E-state index contributed by atoms with van der Waals surface area (Å²) >= 11 is 0. The van der Waals surface area contributed by atoms with E-state index in [1.54, 1.807) is 4.90 Å². The Morgan fingerprint density at radius 1 is 1.80 bits per heavy atom. The van der Waals surface area contributed by atoms with Crippen LogP contribution in [0.1, 0.15) is 19.8 Å². The van der Waals surface area contributed by atoms with Crippen molar-refractivity contribution in [3.63, 3.8) is 0 Å². The third-order valence-electron chi connectivity index (χ3n) is 1.92. The second-order valence-corrected chi connectivity index (χ2v) is 2.56. The smallest absolute Gasteiger partial charge is 0.219 e. The van der Waals surface area contributed by atoms with Gasteiger partial charge in [0, 0.05) is 25.9 Å². The average molecular weight is 141 g/mol. The molecular formula is C7H11NO2. The van der Waals surface area contributed by atoms with Crippen molar-refractivity contribution in [2.24, 2.45) is 0 Å². The van der Waals surface area contributed by atoms with Crippen LogP contribution in [0.5, 0.6) is 0 Å². The lowest BCUT2D eigenvalue weighted by molar-refractivity contribution is -0.136. The van der Waals surface area contributed by atoms with Crippen LogP contribution >= 0.6 is 0 Å². The van der Waals surface area contributed by atoms with Gasteiger partial charge in [-0.15, -0.1) is 0 Å². The lowest BCUT2D eigenvalue weighted by Crippen LogP contribution is -2.50. The fraction of sp³-hybridized carbons (Fsp3) is 0.714. The summed E-state index contributed by atoms with van der Waals surface area (Å²) in [6, 6.07) is 0.204. The van der Waals surface area contributed by atoms with Gasteiger partial charge in [0.05, 0.1) is 0 Å². The zero-order valence-corrected chi connectivity index (χ0v) is 6.04. The van der Waals surface area contributed by atoms with Crippen molar-refractivity contribution in [2.45, 2.75) is 25.8 Å². The minimum Gasteiger partial charge on any atom is -0.339 e. The van der Waals surface area contributed by atoms with Gasteiger partial charge in [0.25, 0.3) is 0 Å². The van der Waals surface area contributed by atoms with E-state index in [0.717, 1.165) is 19.3 Å². The first-order chi connectivity index (χ1) is 4.75. The predicted octanol–water partition coefficient (Wildman–Crippen LogP) is 0.196. The van der Waals surface area contributed by atoms with E-state index in [4.69, 9.17) is 0 Å². The zero-order valence-electron chi connectivity index (χ0n) is 6.04. The van der Waals surface area contributed by atoms with Crippen LogP contribution < -0.4 is 0 Å². The molecule has 0 aliphatic carbocycles. The Bertz CT molecular complexity index is 156. The quantitative estimate of drug-likeness (QED) is 0.515. The molecule has 0 aromatic rings. The first-order valence-electron chi connectivity index (χ1n) is 3.46. The van der Waals surface area contributed by atoms with Gasteiger partial charge in [-0.1, -0.05) is 0 Å². The lowest BCUT2D eigenvalue weighted by Gasteiger charge is -2.39. The molecule has 1 heterocycles. The number of nitrogens with zero attached hydrogens (tertiary/aromatic N) is 1. The summed E-state index contributed by atoms with van der Waals surface area (Å²) in [4.78, 5) is 22.5. The monoisotopic (exact) mass is 141 g/mol. The van der Waals surface area contributed by atoms with Gasteiger partial charge in [0.1, 0.15) is 6.29 Å². The topological polar surface area (TPSA) is 37.4 Å². The average Bonchev–Trinajstić information content (AvgIpc) is 1.78. The Balaban J connectivity index is 2.35. The summed E-state index contributed by atoms with van der Waals surface area (Å²) in [5.74, 6) is 0.0816. The van der Waals surface area contributed by atoms with E-state index in [1.807, 2.05) is 0 Å². The summed E-state index contributed by atoms with van der Waals surface area (Å²) in [6.45, 7) is 2.37. The Labute approximate surface area is 60.0 Å². The van der Waals surface area contributed by atoms with Gasteiger partial charge < -0.3 is 9.69 Å². The molecule has 0 N–H and O–H groups in total. The number of rotatable bonds is 2. The summed E-state index contributed by atoms with van der Waals surface area (Å²) in [5, 5.41) is 0. The molecular weight excluding hydrogens is 130 g/mol. The minimum absolute atomic E-state index is 0.0816. The van der Waals surface area contributed by atoms with Gasteiger partial charge in [0.15, 0.2) is 0 Å². The van der Waals surface area contributed by atoms with Crippen molar-refractivity contribution in [1.29, 1.82) is 0 Å². The van der Waals surface area contributed by atoms with Crippen molar-refractivity contribution in [3.8, 4) is 0 Å². The summed E-state index contributed by atoms with van der Waals surface area (Å²) in [7, 11) is 0. The Morgan fingerprint density at radius 2 is 2.50 bits per heavy atom. The Hall–Kier alpha value is -0.860. The second kappa shape index (κ2) is 2.82. The molecule has 1 aliphatic heterocycles. The highest BCUT2D eigenvalue weighted by Crippen LogP contribution is 2.18. The van der Waals surface area contributed by atoms with Crippen LogP contribution in [-0.2, 0) is 9.59 Å². The number of carbonyl (C=O) groups excluding carboxylic acids is 2. The molecule has 0 radical (unpaired) electrons.